The van der Waals surface area contributed by atoms with E-state index in [0.717, 1.165) is 0 Å². The maximum Gasteiger partial charge on any atom is 0.186 e. The van der Waals surface area contributed by atoms with Gasteiger partial charge in [0.1, 0.15) is 48.2 Å². The topological polar surface area (TPSA) is 147 Å². The first-order valence-corrected chi connectivity index (χ1v) is 10.7. The summed E-state index contributed by atoms with van der Waals surface area (Å²) in [6.07, 6.45) is -9.49. The zero-order valence-electron chi connectivity index (χ0n) is 17.4. The molecule has 2 aliphatic rings. The molecule has 0 aromatic carbocycles. The minimum atomic E-state index is -1.74. The highest BCUT2D eigenvalue weighted by molar-refractivity contribution is 7.99. The second-order valence-corrected chi connectivity index (χ2v) is 9.03. The van der Waals surface area contributed by atoms with E-state index >= 15 is 0 Å². The normalized spacial score (nSPS) is 36.8. The highest BCUT2D eigenvalue weighted by Crippen LogP contribution is 2.40. The molecule has 2 saturated heterocycles. The summed E-state index contributed by atoms with van der Waals surface area (Å²) in [5, 5.41) is 49.3. The Labute approximate surface area is 175 Å². The first kappa shape index (κ1) is 25.2. The molecule has 0 unspecified atom stereocenters. The molecule has 29 heavy (non-hydrogen) atoms. The van der Waals surface area contributed by atoms with E-state index in [1.165, 1.54) is 18.9 Å². The van der Waals surface area contributed by atoms with Crippen LogP contribution in [0.15, 0.2) is 0 Å². The van der Waals surface area contributed by atoms with E-state index in [1.54, 1.807) is 20.8 Å². The third kappa shape index (κ3) is 5.80. The lowest BCUT2D eigenvalue weighted by Gasteiger charge is -2.42. The lowest BCUT2D eigenvalue weighted by molar-refractivity contribution is -0.276. The maximum absolute atomic E-state index is 10.6. The summed E-state index contributed by atoms with van der Waals surface area (Å²) in [6.45, 7) is 6.41. The van der Waals surface area contributed by atoms with Gasteiger partial charge >= 0.3 is 0 Å². The molecule has 172 valence electrons. The average molecular weight is 443 g/mol. The van der Waals surface area contributed by atoms with Gasteiger partial charge < -0.3 is 49.2 Å². The van der Waals surface area contributed by atoms with Crippen molar-refractivity contribution in [2.45, 2.75) is 94.0 Å². The Kier molecular flexibility index (Phi) is 9.14. The number of hydrogen-bond donors (Lipinski definition) is 5. The van der Waals surface area contributed by atoms with E-state index in [-0.39, 0.29) is 0 Å². The summed E-state index contributed by atoms with van der Waals surface area (Å²) in [5.41, 5.74) is -0.960. The lowest BCUT2D eigenvalue weighted by Crippen LogP contribution is -2.59. The lowest BCUT2D eigenvalue weighted by atomic mass is 9.99. The molecule has 2 rings (SSSR count). The van der Waals surface area contributed by atoms with E-state index in [4.69, 9.17) is 28.8 Å². The van der Waals surface area contributed by atoms with Crippen LogP contribution in [0.5, 0.6) is 0 Å². The summed E-state index contributed by atoms with van der Waals surface area (Å²) in [7, 11) is 1.51. The predicted octanol–water partition coefficient (Wildman–Crippen LogP) is -1.20. The Morgan fingerprint density at radius 3 is 2.21 bits per heavy atom. The van der Waals surface area contributed by atoms with Crippen LogP contribution in [-0.4, -0.2) is 111 Å². The Morgan fingerprint density at radius 2 is 1.66 bits per heavy atom. The van der Waals surface area contributed by atoms with Gasteiger partial charge in [0, 0.05) is 7.11 Å². The molecule has 10 nitrogen and oxygen atoms in total. The summed E-state index contributed by atoms with van der Waals surface area (Å²) in [5.74, 6) is -0.333. The number of aliphatic hydroxyl groups excluding tert-OH is 5. The Bertz CT molecular complexity index is 509. The van der Waals surface area contributed by atoms with Gasteiger partial charge in [-0.3, -0.25) is 0 Å². The van der Waals surface area contributed by atoms with Crippen molar-refractivity contribution >= 4 is 11.8 Å². The van der Waals surface area contributed by atoms with Crippen LogP contribution < -0.4 is 0 Å². The Balaban J connectivity index is 2.17. The molecule has 0 amide bonds. The zero-order chi connectivity index (χ0) is 21.9. The molecular weight excluding hydrogens is 408 g/mol. The van der Waals surface area contributed by atoms with Gasteiger partial charge in [-0.15, -0.1) is 11.8 Å². The second kappa shape index (κ2) is 10.5. The fraction of sp³-hybridized carbons (Fsp3) is 1.00. The third-order valence-electron chi connectivity index (χ3n) is 4.98. The van der Waals surface area contributed by atoms with Gasteiger partial charge in [0.15, 0.2) is 12.1 Å². The van der Waals surface area contributed by atoms with Crippen LogP contribution in [0, 0.1) is 0 Å². The molecule has 2 fully saturated rings. The van der Waals surface area contributed by atoms with Gasteiger partial charge in [-0.1, -0.05) is 6.92 Å². The minimum Gasteiger partial charge on any atom is -0.394 e. The number of methoxy groups -OCH3 is 1. The molecule has 0 saturated carbocycles. The van der Waals surface area contributed by atoms with Gasteiger partial charge in [0.2, 0.25) is 0 Å². The minimum absolute atomic E-state index is 0.476. The highest BCUT2D eigenvalue weighted by Gasteiger charge is 2.56. The van der Waals surface area contributed by atoms with Crippen molar-refractivity contribution in [2.24, 2.45) is 0 Å². The fourth-order valence-electron chi connectivity index (χ4n) is 3.53. The smallest absolute Gasteiger partial charge is 0.186 e. The van der Waals surface area contributed by atoms with E-state index in [1.807, 2.05) is 6.92 Å². The monoisotopic (exact) mass is 442 g/mol. The van der Waals surface area contributed by atoms with Crippen molar-refractivity contribution < 1.29 is 49.2 Å². The third-order valence-corrected chi connectivity index (χ3v) is 6.03. The molecule has 2 heterocycles. The summed E-state index contributed by atoms with van der Waals surface area (Å²) in [6, 6.07) is 0. The number of thioether (sulfide) groups is 1. The highest BCUT2D eigenvalue weighted by atomic mass is 32.2. The molecule has 11 heteroatoms. The molecule has 0 aliphatic carbocycles. The van der Waals surface area contributed by atoms with Crippen molar-refractivity contribution in [3.8, 4) is 0 Å². The molecule has 2 aliphatic heterocycles. The molecule has 5 N–H and O–H groups in total. The summed E-state index contributed by atoms with van der Waals surface area (Å²) < 4.78 is 29.2. The van der Waals surface area contributed by atoms with Crippen molar-refractivity contribution in [1.82, 2.24) is 0 Å². The number of rotatable bonds is 10. The second-order valence-electron chi connectivity index (χ2n) is 7.66. The van der Waals surface area contributed by atoms with Crippen LogP contribution in [0.2, 0.25) is 0 Å². The van der Waals surface area contributed by atoms with Crippen LogP contribution in [0.4, 0.5) is 0 Å². The average Bonchev–Trinajstić information content (AvgIpc) is 3.01. The largest absolute Gasteiger partial charge is 0.394 e. The first-order valence-electron chi connectivity index (χ1n) is 9.70. The van der Waals surface area contributed by atoms with E-state index < -0.39 is 73.0 Å². The van der Waals surface area contributed by atoms with Crippen LogP contribution in [-0.2, 0) is 23.7 Å². The van der Waals surface area contributed by atoms with Crippen LogP contribution in [0.25, 0.3) is 0 Å². The van der Waals surface area contributed by atoms with Crippen molar-refractivity contribution in [2.75, 3.05) is 19.5 Å². The molecule has 0 aromatic rings. The summed E-state index contributed by atoms with van der Waals surface area (Å²) in [4.78, 5) is 0. The van der Waals surface area contributed by atoms with E-state index in [2.05, 4.69) is 0 Å². The van der Waals surface area contributed by atoms with Gasteiger partial charge in [-0.05, 0) is 26.5 Å². The number of fused-ring (bicyclic) bond motifs is 1. The first-order chi connectivity index (χ1) is 13.6. The van der Waals surface area contributed by atoms with E-state index in [0.29, 0.717) is 5.75 Å². The Hall–Kier alpha value is -0.0500. The van der Waals surface area contributed by atoms with Gasteiger partial charge in [-0.25, -0.2) is 0 Å². The number of aliphatic hydroxyl groups is 5. The maximum atomic E-state index is 10.6. The van der Waals surface area contributed by atoms with Gasteiger partial charge in [0.25, 0.3) is 0 Å². The van der Waals surface area contributed by atoms with Crippen molar-refractivity contribution in [3.05, 3.63) is 0 Å². The number of hydrogen-bond acceptors (Lipinski definition) is 11. The summed E-state index contributed by atoms with van der Waals surface area (Å²) >= 11 is 1.22. The van der Waals surface area contributed by atoms with Crippen molar-refractivity contribution in [1.29, 1.82) is 0 Å². The van der Waals surface area contributed by atoms with Gasteiger partial charge in [0.05, 0.1) is 12.7 Å². The standard InChI is InChI=1S/C18H34O10S/c1-6-29-17(12(23)11(22)10(21)9(20)7-19)26-13-8(2)25-16(24-5)15-14(13)27-18(3,4)28-15/h8-17,19-23H,6-7H2,1-5H3/t8-,9-,10-,11-,12+,13-,14+,15+,16+,17+/m0/s1. The molecule has 0 aromatic heterocycles. The van der Waals surface area contributed by atoms with E-state index in [9.17, 15) is 20.4 Å². The Morgan fingerprint density at radius 1 is 1.03 bits per heavy atom. The predicted molar refractivity (Wildman–Crippen MR) is 103 cm³/mol. The van der Waals surface area contributed by atoms with Gasteiger partial charge in [-0.2, -0.15) is 0 Å². The van der Waals surface area contributed by atoms with Crippen LogP contribution in [0.3, 0.4) is 0 Å². The fourth-order valence-corrected chi connectivity index (χ4v) is 4.42. The molecule has 0 radical (unpaired) electrons. The molecular formula is C18H34O10S. The zero-order valence-corrected chi connectivity index (χ0v) is 18.2. The van der Waals surface area contributed by atoms with Crippen molar-refractivity contribution in [3.63, 3.8) is 0 Å². The van der Waals surface area contributed by atoms with Crippen LogP contribution in [0.1, 0.15) is 27.7 Å². The molecule has 0 spiro atoms. The quantitative estimate of drug-likeness (QED) is 0.260. The van der Waals surface area contributed by atoms with Crippen LogP contribution >= 0.6 is 11.8 Å². The molecule has 0 bridgehead atoms. The molecule has 10 atom stereocenters. The number of ether oxygens (including phenoxy) is 5. The SMILES string of the molecule is CCS[C@@H](O[C@@H]1[C@H]2OC(C)(C)O[C@H]2[C@H](OC)O[C@H]1C)[C@H](O)[C@@H](O)[C@@H](O)[C@@H](O)CO.